The highest BCUT2D eigenvalue weighted by Crippen LogP contribution is 2.40. The van der Waals surface area contributed by atoms with Crippen molar-refractivity contribution < 1.29 is 23.4 Å². The second kappa shape index (κ2) is 11.5. The molecule has 0 spiro atoms. The highest BCUT2D eigenvalue weighted by atomic mass is 28.4. The highest BCUT2D eigenvalue weighted by Gasteiger charge is 2.55. The second-order valence-electron chi connectivity index (χ2n) is 11.9. The van der Waals surface area contributed by atoms with Gasteiger partial charge in [0.15, 0.2) is 5.79 Å². The Morgan fingerprint density at radius 1 is 1.00 bits per heavy atom. The summed E-state index contributed by atoms with van der Waals surface area (Å²) in [6, 6.07) is 24.3. The molecule has 0 aliphatic carbocycles. The lowest BCUT2D eigenvalue weighted by atomic mass is 9.98. The zero-order valence-electron chi connectivity index (χ0n) is 24.5. The van der Waals surface area contributed by atoms with Crippen molar-refractivity contribution >= 4 is 24.6 Å². The molecule has 0 unspecified atom stereocenters. The van der Waals surface area contributed by atoms with E-state index in [1.54, 1.807) is 0 Å². The van der Waals surface area contributed by atoms with Gasteiger partial charge in [0.2, 0.25) is 11.8 Å². The van der Waals surface area contributed by atoms with Crippen LogP contribution >= 0.6 is 0 Å². The first-order valence-corrected chi connectivity index (χ1v) is 15.8. The molecule has 5 rings (SSSR count). The summed E-state index contributed by atoms with van der Waals surface area (Å²) in [5, 5.41) is 14.9. The van der Waals surface area contributed by atoms with Crippen LogP contribution in [0.5, 0.6) is 5.88 Å². The fourth-order valence-corrected chi connectivity index (χ4v) is 10.5. The first kappa shape index (κ1) is 29.2. The van der Waals surface area contributed by atoms with Gasteiger partial charge < -0.3 is 28.7 Å². The number of nitrogens with zero attached hydrogens (tertiary/aromatic N) is 3. The minimum atomic E-state index is -2.77. The van der Waals surface area contributed by atoms with Crippen molar-refractivity contribution in [1.82, 2.24) is 9.97 Å². The molecular weight excluding hydrogens is 536 g/mol. The minimum Gasteiger partial charge on any atom is -0.481 e. The molecule has 3 aromatic rings. The Labute approximate surface area is 242 Å². The summed E-state index contributed by atoms with van der Waals surface area (Å²) < 4.78 is 31.7. The van der Waals surface area contributed by atoms with Crippen molar-refractivity contribution in [2.45, 2.75) is 69.8 Å². The van der Waals surface area contributed by atoms with Crippen molar-refractivity contribution in [2.75, 3.05) is 25.6 Å². The summed E-state index contributed by atoms with van der Waals surface area (Å²) in [5.41, 5.74) is 0.202. The lowest BCUT2D eigenvalue weighted by Gasteiger charge is -2.45. The van der Waals surface area contributed by atoms with Crippen LogP contribution in [0.3, 0.4) is 0 Å². The Hall–Kier alpha value is -3.33. The predicted octanol–water partition coefficient (Wildman–Crippen LogP) is 3.63. The SMILES string of the molecule is COc1cc(C#N)nc(N[C@H]2CO[C@H](CO[Si](c3ccccc3)(c3ccccc3)C(C)(C)C)[C@@H]3OC(C)(C)O[C@@H]32)n1. The van der Waals surface area contributed by atoms with E-state index >= 15 is 0 Å². The molecular formula is C31H38N4O5Si. The molecule has 0 saturated carbocycles. The van der Waals surface area contributed by atoms with Crippen LogP contribution in [0.25, 0.3) is 0 Å². The molecule has 1 N–H and O–H groups in total. The van der Waals surface area contributed by atoms with Gasteiger partial charge >= 0.3 is 0 Å². The number of hydrogen-bond donors (Lipinski definition) is 1. The van der Waals surface area contributed by atoms with Crippen molar-refractivity contribution in [3.8, 4) is 11.9 Å². The third kappa shape index (κ3) is 5.87. The number of nitrogens with one attached hydrogen (secondary N) is 1. The second-order valence-corrected chi connectivity index (χ2v) is 16.2. The molecule has 0 amide bonds. The largest absolute Gasteiger partial charge is 0.481 e. The molecule has 0 radical (unpaired) electrons. The lowest BCUT2D eigenvalue weighted by molar-refractivity contribution is -0.156. The first-order chi connectivity index (χ1) is 19.6. The Morgan fingerprint density at radius 3 is 2.17 bits per heavy atom. The van der Waals surface area contributed by atoms with Crippen molar-refractivity contribution in [3.05, 3.63) is 72.4 Å². The maximum absolute atomic E-state index is 9.38. The Kier molecular flexibility index (Phi) is 8.19. The maximum Gasteiger partial charge on any atom is 0.261 e. The molecule has 41 heavy (non-hydrogen) atoms. The smallest absolute Gasteiger partial charge is 0.261 e. The van der Waals surface area contributed by atoms with Crippen LogP contribution in [0.15, 0.2) is 66.7 Å². The van der Waals surface area contributed by atoms with Crippen LogP contribution in [0.4, 0.5) is 5.95 Å². The predicted molar refractivity (Wildman–Crippen MR) is 158 cm³/mol. The topological polar surface area (TPSA) is 108 Å². The zero-order valence-corrected chi connectivity index (χ0v) is 25.5. The van der Waals surface area contributed by atoms with Crippen LogP contribution in [-0.4, -0.2) is 68.7 Å². The Bertz CT molecular complexity index is 1340. The van der Waals surface area contributed by atoms with Crippen LogP contribution in [0.1, 0.15) is 40.3 Å². The van der Waals surface area contributed by atoms with E-state index in [9.17, 15) is 5.26 Å². The molecule has 10 heteroatoms. The van der Waals surface area contributed by atoms with Gasteiger partial charge in [-0.2, -0.15) is 10.2 Å². The van der Waals surface area contributed by atoms with Gasteiger partial charge in [-0.25, -0.2) is 4.98 Å². The van der Waals surface area contributed by atoms with Crippen molar-refractivity contribution in [1.29, 1.82) is 5.26 Å². The van der Waals surface area contributed by atoms with Gasteiger partial charge in [-0.05, 0) is 29.3 Å². The molecule has 3 heterocycles. The lowest BCUT2D eigenvalue weighted by Crippen LogP contribution is -2.68. The maximum atomic E-state index is 9.38. The minimum absolute atomic E-state index is 0.164. The standard InChI is InChI=1S/C31H38N4O5Si/c1-30(2,3)41(22-13-9-7-10-14-22,23-15-11-8-12-16-23)38-20-25-28-27(39-31(4,5)40-28)24(19-37-25)34-29-33-21(18-32)17-26(35-29)36-6/h7-17,24-25,27-28H,19-20H2,1-6H3,(H,33,34,35)/t24-,25+,27+,28-/m0/s1. The molecule has 2 fully saturated rings. The van der Waals surface area contributed by atoms with Gasteiger partial charge in [0, 0.05) is 6.07 Å². The molecule has 2 aliphatic rings. The van der Waals surface area contributed by atoms with Crippen molar-refractivity contribution in [3.63, 3.8) is 0 Å². The van der Waals surface area contributed by atoms with Gasteiger partial charge in [-0.3, -0.25) is 0 Å². The number of nitriles is 1. The third-order valence-corrected chi connectivity index (χ3v) is 12.6. The summed E-state index contributed by atoms with van der Waals surface area (Å²) in [6.07, 6.45) is -1.11. The number of methoxy groups -OCH3 is 1. The van der Waals surface area contributed by atoms with E-state index in [1.807, 2.05) is 32.0 Å². The fourth-order valence-electron chi connectivity index (χ4n) is 5.89. The highest BCUT2D eigenvalue weighted by molar-refractivity contribution is 6.99. The summed E-state index contributed by atoms with van der Waals surface area (Å²) in [5.74, 6) is -0.248. The van der Waals surface area contributed by atoms with E-state index in [0.717, 1.165) is 0 Å². The fraction of sp³-hybridized carbons (Fsp3) is 0.452. The van der Waals surface area contributed by atoms with E-state index in [2.05, 4.69) is 84.6 Å². The van der Waals surface area contributed by atoms with Gasteiger partial charge in [-0.1, -0.05) is 81.4 Å². The zero-order chi connectivity index (χ0) is 29.3. The number of benzene rings is 2. The molecule has 2 aromatic carbocycles. The molecule has 216 valence electrons. The van der Waals surface area contributed by atoms with Gasteiger partial charge in [0.1, 0.15) is 30.1 Å². The van der Waals surface area contributed by atoms with Crippen molar-refractivity contribution in [2.24, 2.45) is 0 Å². The summed E-state index contributed by atoms with van der Waals surface area (Å²) in [4.78, 5) is 8.65. The average Bonchev–Trinajstić information content (AvgIpc) is 3.30. The van der Waals surface area contributed by atoms with Crippen LogP contribution in [0.2, 0.25) is 5.04 Å². The normalized spacial score (nSPS) is 23.8. The molecule has 9 nitrogen and oxygen atoms in total. The average molecular weight is 575 g/mol. The third-order valence-electron chi connectivity index (χ3n) is 7.64. The molecule has 0 bridgehead atoms. The molecule has 2 aliphatic heterocycles. The van der Waals surface area contributed by atoms with E-state index in [1.165, 1.54) is 23.5 Å². The summed E-state index contributed by atoms with van der Waals surface area (Å²) in [7, 11) is -1.27. The number of fused-ring (bicyclic) bond motifs is 1. The van der Waals surface area contributed by atoms with Gasteiger partial charge in [0.25, 0.3) is 8.32 Å². The van der Waals surface area contributed by atoms with E-state index in [-0.39, 0.29) is 34.9 Å². The monoisotopic (exact) mass is 574 g/mol. The molecule has 2 saturated heterocycles. The van der Waals surface area contributed by atoms with Crippen LogP contribution in [0, 0.1) is 11.3 Å². The number of ether oxygens (including phenoxy) is 4. The Morgan fingerprint density at radius 2 is 1.61 bits per heavy atom. The quantitative estimate of drug-likeness (QED) is 0.404. The Balaban J connectivity index is 1.43. The summed E-state index contributed by atoms with van der Waals surface area (Å²) in [6.45, 7) is 11.2. The van der Waals surface area contributed by atoms with E-state index < -0.39 is 20.2 Å². The molecule has 4 atom stereocenters. The van der Waals surface area contributed by atoms with E-state index in [0.29, 0.717) is 19.1 Å². The summed E-state index contributed by atoms with van der Waals surface area (Å²) >= 11 is 0. The van der Waals surface area contributed by atoms with Gasteiger partial charge in [0.05, 0.1) is 26.4 Å². The van der Waals surface area contributed by atoms with Crippen LogP contribution < -0.4 is 20.4 Å². The van der Waals surface area contributed by atoms with Gasteiger partial charge in [-0.15, -0.1) is 0 Å². The number of anilines is 1. The molecule has 1 aromatic heterocycles. The number of rotatable bonds is 8. The number of aromatic nitrogens is 2. The first-order valence-electron chi connectivity index (χ1n) is 13.9. The number of hydrogen-bond acceptors (Lipinski definition) is 9. The van der Waals surface area contributed by atoms with Crippen LogP contribution in [-0.2, 0) is 18.6 Å². The van der Waals surface area contributed by atoms with E-state index in [4.69, 9.17) is 23.4 Å².